The highest BCUT2D eigenvalue weighted by Crippen LogP contribution is 2.23. The summed E-state index contributed by atoms with van der Waals surface area (Å²) in [5, 5.41) is 5.92. The Morgan fingerprint density at radius 1 is 1.03 bits per heavy atom. The lowest BCUT2D eigenvalue weighted by molar-refractivity contribution is 0.0954. The van der Waals surface area contributed by atoms with Gasteiger partial charge in [0.25, 0.3) is 5.91 Å². The Hall–Kier alpha value is -3.77. The van der Waals surface area contributed by atoms with E-state index in [4.69, 9.17) is 21.1 Å². The molecule has 0 fully saturated rings. The molecule has 1 aromatic heterocycles. The quantitative estimate of drug-likeness (QED) is 0.316. The van der Waals surface area contributed by atoms with Gasteiger partial charge in [-0.2, -0.15) is 5.10 Å². The van der Waals surface area contributed by atoms with Gasteiger partial charge in [-0.1, -0.05) is 41.9 Å². The summed E-state index contributed by atoms with van der Waals surface area (Å²) in [6.07, 6.45) is 3.65. The van der Waals surface area contributed by atoms with E-state index in [0.717, 1.165) is 22.0 Å². The second kappa shape index (κ2) is 9.58. The first kappa shape index (κ1) is 21.5. The Morgan fingerprint density at radius 3 is 2.50 bits per heavy atom. The minimum Gasteiger partial charge on any atom is -0.497 e. The van der Waals surface area contributed by atoms with Crippen LogP contribution in [0.2, 0.25) is 5.02 Å². The molecule has 0 aliphatic heterocycles. The van der Waals surface area contributed by atoms with Crippen molar-refractivity contribution in [3.05, 3.63) is 94.6 Å². The van der Waals surface area contributed by atoms with E-state index in [1.165, 1.54) is 14.2 Å². The van der Waals surface area contributed by atoms with Crippen LogP contribution in [0.15, 0.2) is 78.0 Å². The highest BCUT2D eigenvalue weighted by molar-refractivity contribution is 6.30. The van der Waals surface area contributed by atoms with Gasteiger partial charge in [-0.05, 0) is 35.9 Å². The number of fused-ring (bicyclic) bond motifs is 1. The van der Waals surface area contributed by atoms with Crippen molar-refractivity contribution in [2.24, 2.45) is 5.10 Å². The molecule has 0 spiro atoms. The van der Waals surface area contributed by atoms with Crippen LogP contribution in [0, 0.1) is 0 Å². The maximum atomic E-state index is 12.6. The third kappa shape index (κ3) is 4.76. The second-order valence-electron chi connectivity index (χ2n) is 7.16. The average Bonchev–Trinajstić information content (AvgIpc) is 3.16. The summed E-state index contributed by atoms with van der Waals surface area (Å²) in [5.74, 6) is 0.700. The molecule has 32 heavy (non-hydrogen) atoms. The normalized spacial score (nSPS) is 11.1. The zero-order valence-electron chi connectivity index (χ0n) is 17.7. The van der Waals surface area contributed by atoms with E-state index >= 15 is 0 Å². The highest BCUT2D eigenvalue weighted by atomic mass is 35.5. The zero-order valence-corrected chi connectivity index (χ0v) is 18.5. The lowest BCUT2D eigenvalue weighted by Gasteiger charge is -2.07. The molecule has 1 heterocycles. The number of ether oxygens (including phenoxy) is 2. The number of hydrazone groups is 1. The van der Waals surface area contributed by atoms with Crippen LogP contribution in [0.1, 0.15) is 21.5 Å². The number of hydrogen-bond acceptors (Lipinski definition) is 4. The predicted octanol–water partition coefficient (Wildman–Crippen LogP) is 5.12. The molecule has 1 amide bonds. The van der Waals surface area contributed by atoms with Gasteiger partial charge in [0, 0.05) is 45.9 Å². The largest absolute Gasteiger partial charge is 0.497 e. The van der Waals surface area contributed by atoms with E-state index in [0.29, 0.717) is 28.6 Å². The summed E-state index contributed by atoms with van der Waals surface area (Å²) >= 11 is 6.13. The number of carbonyl (C=O) groups is 1. The lowest BCUT2D eigenvalue weighted by atomic mass is 10.2. The van der Waals surface area contributed by atoms with Crippen LogP contribution >= 0.6 is 11.6 Å². The number of benzene rings is 3. The summed E-state index contributed by atoms with van der Waals surface area (Å²) in [4.78, 5) is 12.6. The first-order valence-corrected chi connectivity index (χ1v) is 10.3. The Balaban J connectivity index is 1.56. The molecule has 3 aromatic carbocycles. The number of hydrogen-bond donors (Lipinski definition) is 1. The summed E-state index contributed by atoms with van der Waals surface area (Å²) < 4.78 is 12.6. The third-order valence-corrected chi connectivity index (χ3v) is 5.28. The van der Waals surface area contributed by atoms with Gasteiger partial charge < -0.3 is 14.0 Å². The van der Waals surface area contributed by atoms with Gasteiger partial charge in [-0.15, -0.1) is 0 Å². The molecule has 0 radical (unpaired) electrons. The Kier molecular flexibility index (Phi) is 6.42. The maximum Gasteiger partial charge on any atom is 0.271 e. The molecule has 0 atom stereocenters. The van der Waals surface area contributed by atoms with E-state index in [-0.39, 0.29) is 5.91 Å². The summed E-state index contributed by atoms with van der Waals surface area (Å²) in [5.41, 5.74) is 6.03. The summed E-state index contributed by atoms with van der Waals surface area (Å²) in [6.45, 7) is 0.672. The number of halogens is 1. The smallest absolute Gasteiger partial charge is 0.271 e. The first-order chi connectivity index (χ1) is 15.6. The van der Waals surface area contributed by atoms with Crippen molar-refractivity contribution in [1.82, 2.24) is 9.99 Å². The van der Waals surface area contributed by atoms with Crippen molar-refractivity contribution < 1.29 is 14.3 Å². The zero-order chi connectivity index (χ0) is 22.5. The van der Waals surface area contributed by atoms with Gasteiger partial charge in [-0.3, -0.25) is 4.79 Å². The van der Waals surface area contributed by atoms with Crippen molar-refractivity contribution in [1.29, 1.82) is 0 Å². The van der Waals surface area contributed by atoms with Crippen LogP contribution in [0.25, 0.3) is 10.9 Å². The first-order valence-electron chi connectivity index (χ1n) is 9.96. The number of rotatable bonds is 7. The SMILES string of the molecule is COc1cc(OC)cc(C(=O)NN=Cc2cn(Cc3cccc(Cl)c3)c3ccccc23)c1. The molecule has 0 aliphatic carbocycles. The number of methoxy groups -OCH3 is 2. The van der Waals surface area contributed by atoms with Gasteiger partial charge in [0.2, 0.25) is 0 Å². The Labute approximate surface area is 191 Å². The minimum absolute atomic E-state index is 0.360. The van der Waals surface area contributed by atoms with Crippen LogP contribution in [0.3, 0.4) is 0 Å². The molecule has 0 unspecified atom stereocenters. The van der Waals surface area contributed by atoms with E-state index in [9.17, 15) is 4.79 Å². The van der Waals surface area contributed by atoms with Gasteiger partial charge in [0.15, 0.2) is 0 Å². The number of aromatic nitrogens is 1. The van der Waals surface area contributed by atoms with Gasteiger partial charge >= 0.3 is 0 Å². The predicted molar refractivity (Wildman–Crippen MR) is 127 cm³/mol. The van der Waals surface area contributed by atoms with E-state index in [2.05, 4.69) is 21.2 Å². The van der Waals surface area contributed by atoms with Crippen LogP contribution in [0.4, 0.5) is 0 Å². The van der Waals surface area contributed by atoms with Crippen molar-refractivity contribution in [2.75, 3.05) is 14.2 Å². The average molecular weight is 448 g/mol. The van der Waals surface area contributed by atoms with Crippen LogP contribution in [0.5, 0.6) is 11.5 Å². The number of nitrogens with one attached hydrogen (secondary N) is 1. The lowest BCUT2D eigenvalue weighted by Crippen LogP contribution is -2.17. The van der Waals surface area contributed by atoms with Crippen molar-refractivity contribution in [3.8, 4) is 11.5 Å². The summed E-state index contributed by atoms with van der Waals surface area (Å²) in [7, 11) is 3.07. The van der Waals surface area contributed by atoms with Gasteiger partial charge in [-0.25, -0.2) is 5.43 Å². The molecule has 1 N–H and O–H groups in total. The molecule has 7 heteroatoms. The van der Waals surface area contributed by atoms with Gasteiger partial charge in [0.05, 0.1) is 20.4 Å². The van der Waals surface area contributed by atoms with E-state index < -0.39 is 0 Å². The Bertz CT molecular complexity index is 1270. The number of nitrogens with zero attached hydrogens (tertiary/aromatic N) is 2. The van der Waals surface area contributed by atoms with Gasteiger partial charge in [0.1, 0.15) is 11.5 Å². The molecular weight excluding hydrogens is 426 g/mol. The number of para-hydroxylation sites is 1. The van der Waals surface area contributed by atoms with Crippen LogP contribution < -0.4 is 14.9 Å². The number of amides is 1. The second-order valence-corrected chi connectivity index (χ2v) is 7.60. The van der Waals surface area contributed by atoms with E-state index in [1.54, 1.807) is 24.4 Å². The fraction of sp³-hybridized carbons (Fsp3) is 0.120. The minimum atomic E-state index is -0.360. The fourth-order valence-corrected chi connectivity index (χ4v) is 3.72. The topological polar surface area (TPSA) is 64.8 Å². The Morgan fingerprint density at radius 2 is 1.78 bits per heavy atom. The van der Waals surface area contributed by atoms with Crippen molar-refractivity contribution in [2.45, 2.75) is 6.54 Å². The van der Waals surface area contributed by atoms with Crippen molar-refractivity contribution in [3.63, 3.8) is 0 Å². The molecule has 162 valence electrons. The van der Waals surface area contributed by atoms with E-state index in [1.807, 2.05) is 48.7 Å². The third-order valence-electron chi connectivity index (χ3n) is 5.04. The molecule has 4 rings (SSSR count). The molecule has 0 aliphatic rings. The van der Waals surface area contributed by atoms with Crippen molar-refractivity contribution >= 4 is 34.6 Å². The fourth-order valence-electron chi connectivity index (χ4n) is 3.50. The van der Waals surface area contributed by atoms with Crippen LogP contribution in [-0.4, -0.2) is 30.9 Å². The molecule has 0 bridgehead atoms. The molecular formula is C25H22ClN3O3. The molecule has 0 saturated carbocycles. The summed E-state index contributed by atoms with van der Waals surface area (Å²) in [6, 6.07) is 20.8. The molecule has 0 saturated heterocycles. The standard InChI is InChI=1S/C25H22ClN3O3/c1-31-21-11-18(12-22(13-21)32-2)25(30)28-27-14-19-16-29(24-9-4-3-8-23(19)24)15-17-6-5-7-20(26)10-17/h3-14,16H,15H2,1-2H3,(H,28,30). The maximum absolute atomic E-state index is 12.6. The molecule has 6 nitrogen and oxygen atoms in total. The number of carbonyl (C=O) groups excluding carboxylic acids is 1. The molecule has 4 aromatic rings. The van der Waals surface area contributed by atoms with Crippen LogP contribution in [-0.2, 0) is 6.54 Å². The highest BCUT2D eigenvalue weighted by Gasteiger charge is 2.10. The monoisotopic (exact) mass is 447 g/mol.